The predicted molar refractivity (Wildman–Crippen MR) is 164 cm³/mol. The Morgan fingerprint density at radius 2 is 1.75 bits per heavy atom. The van der Waals surface area contributed by atoms with Gasteiger partial charge in [-0.1, -0.05) is 54.6 Å². The number of carbonyl (C=O) groups excluding carboxylic acids is 3. The summed E-state index contributed by atoms with van der Waals surface area (Å²) in [4.78, 5) is 48.2. The number of rotatable bonds is 7. The van der Waals surface area contributed by atoms with E-state index in [4.69, 9.17) is 4.74 Å². The van der Waals surface area contributed by atoms with Crippen molar-refractivity contribution in [2.75, 3.05) is 18.6 Å². The number of nitrogens with one attached hydrogen (secondary N) is 2. The highest BCUT2D eigenvalue weighted by atomic mass is 19.1. The molecule has 4 amide bonds. The normalized spacial score (nSPS) is 17.5. The summed E-state index contributed by atoms with van der Waals surface area (Å²) in [6.45, 7) is 0.301. The van der Waals surface area contributed by atoms with E-state index in [0.29, 0.717) is 25.1 Å². The molecule has 0 saturated carbocycles. The van der Waals surface area contributed by atoms with Gasteiger partial charge in [0.25, 0.3) is 11.8 Å². The standard InChI is InChI=1S/C35H29FN4O4/c1-44-24-8-6-7-22(19-24)32-31-27(25-9-2-4-11-28(25)38-31)20-30-34(42)40(35(43)39(30)32)29-12-5-3-10-26(29)33(41)37-18-17-21-13-15-23(36)16-14-21/h2-16,19,30,32,38H,17-18,20H2,1H3,(H,37,41)/t30-,32+/m0/s1. The topological polar surface area (TPSA) is 94.7 Å². The summed E-state index contributed by atoms with van der Waals surface area (Å²) in [5.41, 5.74) is 4.91. The Morgan fingerprint density at radius 1 is 0.977 bits per heavy atom. The van der Waals surface area contributed by atoms with Crippen LogP contribution in [0.2, 0.25) is 0 Å². The third kappa shape index (κ3) is 4.57. The highest BCUT2D eigenvalue weighted by molar-refractivity contribution is 6.24. The molecule has 2 aliphatic heterocycles. The van der Waals surface area contributed by atoms with Gasteiger partial charge in [0.15, 0.2) is 0 Å². The van der Waals surface area contributed by atoms with E-state index in [1.54, 1.807) is 48.4 Å². The van der Waals surface area contributed by atoms with Crippen LogP contribution in [0, 0.1) is 5.82 Å². The molecule has 220 valence electrons. The van der Waals surface area contributed by atoms with Crippen LogP contribution in [0.25, 0.3) is 10.9 Å². The lowest BCUT2D eigenvalue weighted by molar-refractivity contribution is -0.120. The van der Waals surface area contributed by atoms with Gasteiger partial charge in [-0.15, -0.1) is 0 Å². The molecule has 44 heavy (non-hydrogen) atoms. The minimum Gasteiger partial charge on any atom is -0.497 e. The van der Waals surface area contributed by atoms with Crippen LogP contribution >= 0.6 is 0 Å². The number of para-hydroxylation sites is 2. The van der Waals surface area contributed by atoms with Crippen molar-refractivity contribution in [3.8, 4) is 5.75 Å². The summed E-state index contributed by atoms with van der Waals surface area (Å²) in [6.07, 6.45) is 0.840. The van der Waals surface area contributed by atoms with Gasteiger partial charge in [-0.3, -0.25) is 14.5 Å². The van der Waals surface area contributed by atoms with E-state index >= 15 is 0 Å². The molecule has 7 rings (SSSR count). The molecule has 0 spiro atoms. The van der Waals surface area contributed by atoms with Gasteiger partial charge in [0, 0.05) is 29.6 Å². The first kappa shape index (κ1) is 27.4. The summed E-state index contributed by atoms with van der Waals surface area (Å²) in [5.74, 6) is -0.476. The van der Waals surface area contributed by atoms with Crippen LogP contribution in [-0.4, -0.2) is 47.4 Å². The molecule has 3 heterocycles. The van der Waals surface area contributed by atoms with E-state index in [1.165, 1.54) is 12.1 Å². The average molecular weight is 589 g/mol. The van der Waals surface area contributed by atoms with Crippen molar-refractivity contribution in [1.82, 2.24) is 15.2 Å². The summed E-state index contributed by atoms with van der Waals surface area (Å²) in [6, 6.07) is 26.3. The van der Waals surface area contributed by atoms with Crippen LogP contribution in [0.3, 0.4) is 0 Å². The lowest BCUT2D eigenvalue weighted by atomic mass is 9.89. The molecule has 1 aromatic heterocycles. The third-order valence-corrected chi connectivity index (χ3v) is 8.46. The smallest absolute Gasteiger partial charge is 0.332 e. The minimum absolute atomic E-state index is 0.218. The summed E-state index contributed by atoms with van der Waals surface area (Å²) in [5, 5.41) is 3.89. The van der Waals surface area contributed by atoms with Crippen LogP contribution in [0.15, 0.2) is 97.1 Å². The van der Waals surface area contributed by atoms with Crippen molar-refractivity contribution in [1.29, 1.82) is 0 Å². The number of aromatic nitrogens is 1. The highest BCUT2D eigenvalue weighted by Gasteiger charge is 2.53. The fraction of sp³-hybridized carbons (Fsp3) is 0.171. The van der Waals surface area contributed by atoms with Crippen LogP contribution in [0.5, 0.6) is 5.75 Å². The van der Waals surface area contributed by atoms with Gasteiger partial charge in [0.1, 0.15) is 23.7 Å². The molecule has 1 fully saturated rings. The number of aromatic amines is 1. The van der Waals surface area contributed by atoms with Crippen molar-refractivity contribution in [3.63, 3.8) is 0 Å². The predicted octanol–water partition coefficient (Wildman–Crippen LogP) is 5.77. The SMILES string of the molecule is COc1cccc([C@@H]2c3[nH]c4ccccc4c3C[C@H]3C(=O)N(c4ccccc4C(=O)NCCc4ccc(F)cc4)C(=O)N23)c1. The second-order valence-corrected chi connectivity index (χ2v) is 11.0. The van der Waals surface area contributed by atoms with Crippen molar-refractivity contribution in [3.05, 3.63) is 131 Å². The van der Waals surface area contributed by atoms with Gasteiger partial charge >= 0.3 is 6.03 Å². The zero-order chi connectivity index (χ0) is 30.4. The molecule has 2 atom stereocenters. The number of nitrogens with zero attached hydrogens (tertiary/aromatic N) is 2. The monoisotopic (exact) mass is 588 g/mol. The lowest BCUT2D eigenvalue weighted by Crippen LogP contribution is -2.44. The van der Waals surface area contributed by atoms with E-state index < -0.39 is 24.0 Å². The summed E-state index contributed by atoms with van der Waals surface area (Å²) in [7, 11) is 1.59. The van der Waals surface area contributed by atoms with E-state index in [1.807, 2.05) is 48.5 Å². The molecule has 0 unspecified atom stereocenters. The maximum absolute atomic E-state index is 14.3. The fourth-order valence-electron chi connectivity index (χ4n) is 6.38. The first-order valence-electron chi connectivity index (χ1n) is 14.5. The summed E-state index contributed by atoms with van der Waals surface area (Å²) < 4.78 is 18.8. The average Bonchev–Trinajstić information content (AvgIpc) is 3.54. The number of urea groups is 1. The molecule has 9 heteroatoms. The molecule has 5 aromatic rings. The number of H-pyrrole nitrogens is 1. The quantitative estimate of drug-likeness (QED) is 0.236. The molecule has 0 bridgehead atoms. The van der Waals surface area contributed by atoms with Gasteiger partial charge < -0.3 is 15.0 Å². The number of fused-ring (bicyclic) bond motifs is 4. The Hall–Kier alpha value is -5.44. The minimum atomic E-state index is -0.764. The molecular formula is C35H29FN4O4. The molecule has 0 radical (unpaired) electrons. The first-order chi connectivity index (χ1) is 21.4. The van der Waals surface area contributed by atoms with Crippen molar-refractivity contribution >= 4 is 34.4 Å². The fourth-order valence-corrected chi connectivity index (χ4v) is 6.38. The molecule has 2 aliphatic rings. The van der Waals surface area contributed by atoms with Gasteiger partial charge in [0.2, 0.25) is 0 Å². The number of anilines is 1. The van der Waals surface area contributed by atoms with Crippen LogP contribution in [0.1, 0.15) is 38.8 Å². The second kappa shape index (κ2) is 11.0. The van der Waals surface area contributed by atoms with Crippen LogP contribution in [-0.2, 0) is 17.6 Å². The highest BCUT2D eigenvalue weighted by Crippen LogP contribution is 2.45. The largest absolute Gasteiger partial charge is 0.497 e. The molecule has 2 N–H and O–H groups in total. The zero-order valence-electron chi connectivity index (χ0n) is 23.9. The Balaban J connectivity index is 1.24. The second-order valence-electron chi connectivity index (χ2n) is 11.0. The molecule has 8 nitrogen and oxygen atoms in total. The number of amides is 4. The van der Waals surface area contributed by atoms with Gasteiger partial charge in [0.05, 0.1) is 18.4 Å². The number of carbonyl (C=O) groups is 3. The van der Waals surface area contributed by atoms with Crippen molar-refractivity contribution < 1.29 is 23.5 Å². The Morgan fingerprint density at radius 3 is 2.57 bits per heavy atom. The first-order valence-corrected chi connectivity index (χ1v) is 14.5. The number of ether oxygens (including phenoxy) is 1. The van der Waals surface area contributed by atoms with E-state index in [0.717, 1.165) is 38.2 Å². The number of hydrogen-bond donors (Lipinski definition) is 2. The molecule has 0 aliphatic carbocycles. The van der Waals surface area contributed by atoms with Crippen LogP contribution < -0.4 is 15.0 Å². The number of benzene rings is 4. The van der Waals surface area contributed by atoms with Crippen molar-refractivity contribution in [2.24, 2.45) is 0 Å². The van der Waals surface area contributed by atoms with E-state index in [9.17, 15) is 18.8 Å². The Labute approximate surface area is 253 Å². The molecule has 1 saturated heterocycles. The number of imide groups is 1. The molecule has 4 aromatic carbocycles. The maximum atomic E-state index is 14.3. The Bertz CT molecular complexity index is 1920. The third-order valence-electron chi connectivity index (χ3n) is 8.46. The van der Waals surface area contributed by atoms with Crippen molar-refractivity contribution in [2.45, 2.75) is 24.9 Å². The number of halogens is 1. The van der Waals surface area contributed by atoms with Gasteiger partial charge in [-0.05, 0) is 65.6 Å². The van der Waals surface area contributed by atoms with Crippen LogP contribution in [0.4, 0.5) is 14.9 Å². The van der Waals surface area contributed by atoms with Gasteiger partial charge in [-0.25, -0.2) is 14.1 Å². The number of hydrogen-bond acceptors (Lipinski definition) is 4. The Kier molecular flexibility index (Phi) is 6.85. The van der Waals surface area contributed by atoms with Gasteiger partial charge in [-0.2, -0.15) is 0 Å². The van der Waals surface area contributed by atoms with E-state index in [-0.39, 0.29) is 23.0 Å². The molecular weight excluding hydrogens is 559 g/mol. The summed E-state index contributed by atoms with van der Waals surface area (Å²) >= 11 is 0. The zero-order valence-corrected chi connectivity index (χ0v) is 23.9. The van der Waals surface area contributed by atoms with E-state index in [2.05, 4.69) is 10.3 Å². The number of methoxy groups -OCH3 is 1. The maximum Gasteiger partial charge on any atom is 0.332 e. The lowest BCUT2D eigenvalue weighted by Gasteiger charge is -2.36.